The summed E-state index contributed by atoms with van der Waals surface area (Å²) < 4.78 is 31.1. The Morgan fingerprint density at radius 2 is 1.86 bits per heavy atom. The molecule has 0 spiro atoms. The Morgan fingerprint density at radius 1 is 1.05 bits per heavy atom. The summed E-state index contributed by atoms with van der Waals surface area (Å²) >= 11 is 0. The zero-order chi connectivity index (χ0) is 14.8. The molecule has 0 amide bonds. The first-order valence-electron chi connectivity index (χ1n) is 6.18. The van der Waals surface area contributed by atoms with E-state index >= 15 is 0 Å². The number of halogens is 2. The molecule has 6 heteroatoms. The minimum atomic E-state index is -0.559. The molecule has 0 aliphatic rings. The normalized spacial score (nSPS) is 10.8. The quantitative estimate of drug-likeness (QED) is 0.803. The van der Waals surface area contributed by atoms with Gasteiger partial charge in [-0.3, -0.25) is 0 Å². The van der Waals surface area contributed by atoms with Crippen LogP contribution in [0, 0.1) is 11.6 Å². The number of hydrogen-bond acceptors (Lipinski definition) is 4. The summed E-state index contributed by atoms with van der Waals surface area (Å²) in [7, 11) is 0. The maximum absolute atomic E-state index is 13.1. The van der Waals surface area contributed by atoms with Gasteiger partial charge in [0.15, 0.2) is 5.82 Å². The molecule has 1 N–H and O–H groups in total. The number of nitrogens with zero attached hydrogens (tertiary/aromatic N) is 2. The molecule has 0 aliphatic heterocycles. The van der Waals surface area contributed by atoms with Gasteiger partial charge >= 0.3 is 0 Å². The van der Waals surface area contributed by atoms with Gasteiger partial charge in [0.2, 0.25) is 0 Å². The molecule has 3 rings (SSSR count). The van der Waals surface area contributed by atoms with Gasteiger partial charge in [-0.25, -0.2) is 8.78 Å². The van der Waals surface area contributed by atoms with Crippen LogP contribution < -0.4 is 0 Å². The predicted molar refractivity (Wildman–Crippen MR) is 70.6 cm³/mol. The van der Waals surface area contributed by atoms with Crippen LogP contribution in [0.5, 0.6) is 5.75 Å². The van der Waals surface area contributed by atoms with Crippen molar-refractivity contribution in [2.75, 3.05) is 0 Å². The average Bonchev–Trinajstić information content (AvgIpc) is 2.87. The molecule has 0 fully saturated rings. The first-order valence-corrected chi connectivity index (χ1v) is 6.18. The van der Waals surface area contributed by atoms with Crippen molar-refractivity contribution in [1.82, 2.24) is 10.1 Å². The lowest BCUT2D eigenvalue weighted by atomic mass is 10.1. The van der Waals surface area contributed by atoms with Gasteiger partial charge in [0.25, 0.3) is 5.89 Å². The van der Waals surface area contributed by atoms with Gasteiger partial charge in [-0.05, 0) is 29.8 Å². The summed E-state index contributed by atoms with van der Waals surface area (Å²) in [5.74, 6) is -0.752. The maximum Gasteiger partial charge on any atom is 0.261 e. The van der Waals surface area contributed by atoms with Crippen molar-refractivity contribution in [3.05, 3.63) is 65.5 Å². The standard InChI is InChI=1S/C15H10F2N2O2/c16-10-3-1-2-9(6-10)7-14-18-15(21-19-14)12-5-4-11(17)8-13(12)20/h1-6,8,20H,7H2. The third kappa shape index (κ3) is 2.89. The molecule has 1 heterocycles. The van der Waals surface area contributed by atoms with E-state index in [9.17, 15) is 13.9 Å². The van der Waals surface area contributed by atoms with E-state index in [1.807, 2.05) is 0 Å². The smallest absolute Gasteiger partial charge is 0.261 e. The fraction of sp³-hybridized carbons (Fsp3) is 0.0667. The van der Waals surface area contributed by atoms with E-state index in [1.165, 1.54) is 24.3 Å². The summed E-state index contributed by atoms with van der Waals surface area (Å²) in [6.45, 7) is 0. The predicted octanol–water partition coefficient (Wildman–Crippen LogP) is 3.31. The third-order valence-electron chi connectivity index (χ3n) is 2.91. The van der Waals surface area contributed by atoms with Gasteiger partial charge in [-0.15, -0.1) is 0 Å². The largest absolute Gasteiger partial charge is 0.507 e. The zero-order valence-corrected chi connectivity index (χ0v) is 10.8. The fourth-order valence-electron chi connectivity index (χ4n) is 1.95. The molecule has 0 saturated heterocycles. The van der Waals surface area contributed by atoms with Crippen molar-refractivity contribution in [2.45, 2.75) is 6.42 Å². The zero-order valence-electron chi connectivity index (χ0n) is 10.8. The summed E-state index contributed by atoms with van der Waals surface area (Å²) in [5.41, 5.74) is 0.945. The summed E-state index contributed by atoms with van der Waals surface area (Å²) in [6, 6.07) is 9.57. The molecule has 0 saturated carbocycles. The summed E-state index contributed by atoms with van der Waals surface area (Å²) in [6.07, 6.45) is 0.295. The first-order chi connectivity index (χ1) is 10.1. The Labute approximate surface area is 118 Å². The lowest BCUT2D eigenvalue weighted by Crippen LogP contribution is -1.91. The monoisotopic (exact) mass is 288 g/mol. The van der Waals surface area contributed by atoms with Crippen molar-refractivity contribution >= 4 is 0 Å². The van der Waals surface area contributed by atoms with Gasteiger partial charge < -0.3 is 9.63 Å². The van der Waals surface area contributed by atoms with E-state index < -0.39 is 5.82 Å². The average molecular weight is 288 g/mol. The van der Waals surface area contributed by atoms with Crippen LogP contribution in [0.2, 0.25) is 0 Å². The van der Waals surface area contributed by atoms with Crippen LogP contribution in [0.1, 0.15) is 11.4 Å². The van der Waals surface area contributed by atoms with E-state index in [0.717, 1.165) is 6.07 Å². The molecule has 2 aromatic carbocycles. The highest BCUT2D eigenvalue weighted by Gasteiger charge is 2.13. The number of aromatic nitrogens is 2. The van der Waals surface area contributed by atoms with Crippen LogP contribution in [-0.2, 0) is 6.42 Å². The minimum Gasteiger partial charge on any atom is -0.507 e. The van der Waals surface area contributed by atoms with Crippen LogP contribution in [0.25, 0.3) is 11.5 Å². The molecule has 0 aliphatic carbocycles. The molecule has 4 nitrogen and oxygen atoms in total. The number of aromatic hydroxyl groups is 1. The Bertz CT molecular complexity index is 787. The highest BCUT2D eigenvalue weighted by Crippen LogP contribution is 2.28. The molecule has 0 radical (unpaired) electrons. The Hall–Kier alpha value is -2.76. The molecule has 0 bridgehead atoms. The molecule has 21 heavy (non-hydrogen) atoms. The van der Waals surface area contributed by atoms with Crippen LogP contribution >= 0.6 is 0 Å². The fourth-order valence-corrected chi connectivity index (χ4v) is 1.95. The Morgan fingerprint density at radius 3 is 2.62 bits per heavy atom. The van der Waals surface area contributed by atoms with E-state index in [2.05, 4.69) is 10.1 Å². The van der Waals surface area contributed by atoms with Crippen LogP contribution in [0.4, 0.5) is 8.78 Å². The van der Waals surface area contributed by atoms with Crippen LogP contribution in [0.15, 0.2) is 47.0 Å². The second kappa shape index (κ2) is 5.32. The van der Waals surface area contributed by atoms with Gasteiger partial charge in [-0.2, -0.15) is 4.98 Å². The number of phenols is 1. The third-order valence-corrected chi connectivity index (χ3v) is 2.91. The summed E-state index contributed by atoms with van der Waals surface area (Å²) in [4.78, 5) is 4.11. The number of benzene rings is 2. The lowest BCUT2D eigenvalue weighted by molar-refractivity contribution is 0.418. The lowest BCUT2D eigenvalue weighted by Gasteiger charge is -1.98. The van der Waals surface area contributed by atoms with E-state index in [0.29, 0.717) is 17.8 Å². The van der Waals surface area contributed by atoms with Crippen molar-refractivity contribution in [3.63, 3.8) is 0 Å². The van der Waals surface area contributed by atoms with E-state index in [1.54, 1.807) is 12.1 Å². The number of hydrogen-bond donors (Lipinski definition) is 1. The molecule has 0 unspecified atom stereocenters. The molecular weight excluding hydrogens is 278 g/mol. The van der Waals surface area contributed by atoms with Crippen molar-refractivity contribution in [1.29, 1.82) is 0 Å². The molecular formula is C15H10F2N2O2. The number of rotatable bonds is 3. The second-order valence-corrected chi connectivity index (χ2v) is 4.48. The molecule has 106 valence electrons. The van der Waals surface area contributed by atoms with Gasteiger partial charge in [0.1, 0.15) is 17.4 Å². The van der Waals surface area contributed by atoms with Crippen molar-refractivity contribution < 1.29 is 18.4 Å². The SMILES string of the molecule is Oc1cc(F)ccc1-c1nc(Cc2cccc(F)c2)no1. The first kappa shape index (κ1) is 13.2. The number of phenolic OH excluding ortho intramolecular Hbond substituents is 1. The van der Waals surface area contributed by atoms with Crippen LogP contribution in [0.3, 0.4) is 0 Å². The van der Waals surface area contributed by atoms with Crippen molar-refractivity contribution in [2.24, 2.45) is 0 Å². The van der Waals surface area contributed by atoms with E-state index in [4.69, 9.17) is 4.52 Å². The highest BCUT2D eigenvalue weighted by atomic mass is 19.1. The van der Waals surface area contributed by atoms with Gasteiger partial charge in [-0.1, -0.05) is 17.3 Å². The Kier molecular flexibility index (Phi) is 3.35. The van der Waals surface area contributed by atoms with Gasteiger partial charge in [0, 0.05) is 12.5 Å². The van der Waals surface area contributed by atoms with E-state index in [-0.39, 0.29) is 23.0 Å². The molecule has 1 aromatic heterocycles. The molecule has 0 atom stereocenters. The topological polar surface area (TPSA) is 59.2 Å². The Balaban J connectivity index is 1.86. The maximum atomic E-state index is 13.1. The molecule has 3 aromatic rings. The van der Waals surface area contributed by atoms with Gasteiger partial charge in [0.05, 0.1) is 5.56 Å². The van der Waals surface area contributed by atoms with Crippen LogP contribution in [-0.4, -0.2) is 15.2 Å². The second-order valence-electron chi connectivity index (χ2n) is 4.48. The minimum absolute atomic E-state index is 0.0823. The highest BCUT2D eigenvalue weighted by molar-refractivity contribution is 5.61. The van der Waals surface area contributed by atoms with Crippen molar-refractivity contribution in [3.8, 4) is 17.2 Å². The summed E-state index contributed by atoms with van der Waals surface area (Å²) in [5, 5.41) is 13.4.